The van der Waals surface area contributed by atoms with Crippen LogP contribution in [-0.2, 0) is 0 Å². The fourth-order valence-electron chi connectivity index (χ4n) is 1.69. The van der Waals surface area contributed by atoms with E-state index in [1.54, 1.807) is 0 Å². The number of hydrogen-bond donors (Lipinski definition) is 1. The quantitative estimate of drug-likeness (QED) is 0.722. The molecule has 14 heavy (non-hydrogen) atoms. The number of anilines is 1. The van der Waals surface area contributed by atoms with E-state index < -0.39 is 0 Å². The van der Waals surface area contributed by atoms with E-state index in [0.717, 1.165) is 12.5 Å². The molecule has 0 unspecified atom stereocenters. The minimum absolute atomic E-state index is 1.05. The molecule has 0 saturated heterocycles. The highest BCUT2D eigenvalue weighted by atomic mass is 14.9. The zero-order chi connectivity index (χ0) is 9.80. The standard InChI is InChI=1S/C12H18N2/c1-10-9-13-8-6-12(10)14-7-2-3-11-4-5-11/h6,8-9,11H,2-5,7H2,1H3,(H,13,14). The molecule has 2 heteroatoms. The molecule has 1 fully saturated rings. The zero-order valence-corrected chi connectivity index (χ0v) is 8.79. The van der Waals surface area contributed by atoms with Gasteiger partial charge in [-0.3, -0.25) is 4.98 Å². The summed E-state index contributed by atoms with van der Waals surface area (Å²) >= 11 is 0. The third-order valence-corrected chi connectivity index (χ3v) is 2.82. The van der Waals surface area contributed by atoms with Crippen LogP contribution in [0.15, 0.2) is 18.5 Å². The van der Waals surface area contributed by atoms with Crippen LogP contribution in [0.3, 0.4) is 0 Å². The maximum Gasteiger partial charge on any atom is 0.0400 e. The van der Waals surface area contributed by atoms with Gasteiger partial charge in [0.1, 0.15) is 0 Å². The molecule has 1 aliphatic rings. The second-order valence-corrected chi connectivity index (χ2v) is 4.20. The van der Waals surface area contributed by atoms with Gasteiger partial charge in [-0.05, 0) is 37.3 Å². The molecule has 0 aromatic carbocycles. The number of rotatable bonds is 5. The largest absolute Gasteiger partial charge is 0.385 e. The average Bonchev–Trinajstić information content (AvgIpc) is 2.99. The molecule has 2 nitrogen and oxygen atoms in total. The monoisotopic (exact) mass is 190 g/mol. The second-order valence-electron chi connectivity index (χ2n) is 4.20. The van der Waals surface area contributed by atoms with E-state index in [2.05, 4.69) is 17.2 Å². The molecule has 0 radical (unpaired) electrons. The number of hydrogen-bond acceptors (Lipinski definition) is 2. The summed E-state index contributed by atoms with van der Waals surface area (Å²) in [4.78, 5) is 4.07. The molecule has 0 bridgehead atoms. The molecule has 0 atom stereocenters. The Labute approximate surface area is 85.7 Å². The highest BCUT2D eigenvalue weighted by molar-refractivity contribution is 5.48. The number of aromatic nitrogens is 1. The lowest BCUT2D eigenvalue weighted by molar-refractivity contribution is 0.687. The first-order chi connectivity index (χ1) is 6.86. The molecule has 2 rings (SSSR count). The highest BCUT2D eigenvalue weighted by Crippen LogP contribution is 2.33. The lowest BCUT2D eigenvalue weighted by Gasteiger charge is -2.07. The van der Waals surface area contributed by atoms with E-state index in [9.17, 15) is 0 Å². The molecule has 1 aromatic heterocycles. The third-order valence-electron chi connectivity index (χ3n) is 2.82. The minimum Gasteiger partial charge on any atom is -0.385 e. The summed E-state index contributed by atoms with van der Waals surface area (Å²) in [7, 11) is 0. The first kappa shape index (κ1) is 9.50. The van der Waals surface area contributed by atoms with Gasteiger partial charge in [-0.2, -0.15) is 0 Å². The smallest absolute Gasteiger partial charge is 0.0400 e. The Bertz CT molecular complexity index is 292. The molecule has 1 N–H and O–H groups in total. The molecule has 1 aliphatic carbocycles. The van der Waals surface area contributed by atoms with Crippen LogP contribution in [0.4, 0.5) is 5.69 Å². The van der Waals surface area contributed by atoms with Crippen LogP contribution in [-0.4, -0.2) is 11.5 Å². The van der Waals surface area contributed by atoms with Crippen LogP contribution in [0.5, 0.6) is 0 Å². The maximum atomic E-state index is 4.07. The molecule has 76 valence electrons. The van der Waals surface area contributed by atoms with Crippen LogP contribution in [0, 0.1) is 12.8 Å². The van der Waals surface area contributed by atoms with Gasteiger partial charge in [0.15, 0.2) is 0 Å². The summed E-state index contributed by atoms with van der Waals surface area (Å²) in [5.41, 5.74) is 2.47. The predicted molar refractivity (Wildman–Crippen MR) is 59.4 cm³/mol. The van der Waals surface area contributed by atoms with E-state index in [1.807, 2.05) is 18.5 Å². The Hall–Kier alpha value is -1.05. The Balaban J connectivity index is 1.71. The summed E-state index contributed by atoms with van der Waals surface area (Å²) in [5, 5.41) is 3.46. The van der Waals surface area contributed by atoms with Crippen molar-refractivity contribution >= 4 is 5.69 Å². The first-order valence-electron chi connectivity index (χ1n) is 5.51. The van der Waals surface area contributed by atoms with Crippen LogP contribution in [0.2, 0.25) is 0 Å². The van der Waals surface area contributed by atoms with Crippen LogP contribution in [0.25, 0.3) is 0 Å². The Morgan fingerprint density at radius 1 is 1.50 bits per heavy atom. The van der Waals surface area contributed by atoms with Crippen molar-refractivity contribution in [1.82, 2.24) is 4.98 Å². The SMILES string of the molecule is Cc1cnccc1NCCCC1CC1. The number of nitrogens with one attached hydrogen (secondary N) is 1. The van der Waals surface area contributed by atoms with Gasteiger partial charge in [-0.15, -0.1) is 0 Å². The second kappa shape index (κ2) is 4.45. The van der Waals surface area contributed by atoms with Gasteiger partial charge in [0.25, 0.3) is 0 Å². The van der Waals surface area contributed by atoms with Crippen molar-refractivity contribution in [3.8, 4) is 0 Å². The Morgan fingerprint density at radius 2 is 2.36 bits per heavy atom. The number of nitrogens with zero attached hydrogens (tertiary/aromatic N) is 1. The van der Waals surface area contributed by atoms with Crippen molar-refractivity contribution in [3.05, 3.63) is 24.0 Å². The van der Waals surface area contributed by atoms with Crippen LogP contribution in [0.1, 0.15) is 31.2 Å². The first-order valence-corrected chi connectivity index (χ1v) is 5.51. The molecule has 0 amide bonds. The van der Waals surface area contributed by atoms with E-state index in [1.165, 1.54) is 36.9 Å². The summed E-state index contributed by atoms with van der Waals surface area (Å²) in [6.45, 7) is 3.19. The van der Waals surface area contributed by atoms with Crippen LogP contribution >= 0.6 is 0 Å². The summed E-state index contributed by atoms with van der Waals surface area (Å²) in [6.07, 6.45) is 9.38. The fraction of sp³-hybridized carbons (Fsp3) is 0.583. The molecule has 1 saturated carbocycles. The van der Waals surface area contributed by atoms with Gasteiger partial charge in [0, 0.05) is 24.6 Å². The fourth-order valence-corrected chi connectivity index (χ4v) is 1.69. The van der Waals surface area contributed by atoms with Gasteiger partial charge in [-0.1, -0.05) is 12.8 Å². The van der Waals surface area contributed by atoms with E-state index in [4.69, 9.17) is 0 Å². The summed E-state index contributed by atoms with van der Waals surface area (Å²) < 4.78 is 0. The van der Waals surface area contributed by atoms with E-state index in [0.29, 0.717) is 0 Å². The Morgan fingerprint density at radius 3 is 3.07 bits per heavy atom. The maximum absolute atomic E-state index is 4.07. The van der Waals surface area contributed by atoms with Crippen molar-refractivity contribution in [2.24, 2.45) is 5.92 Å². The zero-order valence-electron chi connectivity index (χ0n) is 8.79. The lowest BCUT2D eigenvalue weighted by atomic mass is 10.2. The molecular formula is C12H18N2. The Kier molecular flexibility index (Phi) is 3.02. The highest BCUT2D eigenvalue weighted by Gasteiger charge is 2.19. The average molecular weight is 190 g/mol. The van der Waals surface area contributed by atoms with Gasteiger partial charge >= 0.3 is 0 Å². The van der Waals surface area contributed by atoms with Crippen molar-refractivity contribution in [2.45, 2.75) is 32.6 Å². The summed E-state index contributed by atoms with van der Waals surface area (Å²) in [5.74, 6) is 1.05. The number of pyridine rings is 1. The lowest BCUT2D eigenvalue weighted by Crippen LogP contribution is -2.03. The van der Waals surface area contributed by atoms with Crippen molar-refractivity contribution in [3.63, 3.8) is 0 Å². The molecule has 0 spiro atoms. The van der Waals surface area contributed by atoms with Gasteiger partial charge in [0.05, 0.1) is 0 Å². The van der Waals surface area contributed by atoms with Gasteiger partial charge in [0.2, 0.25) is 0 Å². The molecule has 1 heterocycles. The van der Waals surface area contributed by atoms with Crippen LogP contribution < -0.4 is 5.32 Å². The summed E-state index contributed by atoms with van der Waals surface area (Å²) in [6, 6.07) is 2.05. The topological polar surface area (TPSA) is 24.9 Å². The van der Waals surface area contributed by atoms with Crippen molar-refractivity contribution in [2.75, 3.05) is 11.9 Å². The molecule has 0 aliphatic heterocycles. The van der Waals surface area contributed by atoms with Gasteiger partial charge < -0.3 is 5.32 Å². The normalized spacial score (nSPS) is 15.5. The predicted octanol–water partition coefficient (Wildman–Crippen LogP) is 2.99. The van der Waals surface area contributed by atoms with Crippen molar-refractivity contribution in [1.29, 1.82) is 0 Å². The van der Waals surface area contributed by atoms with E-state index >= 15 is 0 Å². The number of aryl methyl sites for hydroxylation is 1. The molecular weight excluding hydrogens is 172 g/mol. The van der Waals surface area contributed by atoms with E-state index in [-0.39, 0.29) is 0 Å². The minimum atomic E-state index is 1.05. The third kappa shape index (κ3) is 2.72. The molecule has 1 aromatic rings. The van der Waals surface area contributed by atoms with Gasteiger partial charge in [-0.25, -0.2) is 0 Å². The van der Waals surface area contributed by atoms with Crippen molar-refractivity contribution < 1.29 is 0 Å².